The molecule has 0 unspecified atom stereocenters. The van der Waals surface area contributed by atoms with E-state index in [1.54, 1.807) is 23.1 Å². The van der Waals surface area contributed by atoms with Crippen LogP contribution >= 0.6 is 11.6 Å². The van der Waals surface area contributed by atoms with Crippen molar-refractivity contribution in [1.82, 2.24) is 0 Å². The summed E-state index contributed by atoms with van der Waals surface area (Å²) in [6.45, 7) is 0.705. The highest BCUT2D eigenvalue weighted by Crippen LogP contribution is 2.31. The number of halogens is 1. The summed E-state index contributed by atoms with van der Waals surface area (Å²) in [5, 5.41) is 3.86. The van der Waals surface area contributed by atoms with Crippen LogP contribution in [-0.2, 0) is 4.79 Å². The molecule has 0 atom stereocenters. The molecule has 0 radical (unpaired) electrons. The lowest BCUT2D eigenvalue weighted by Gasteiger charge is -2.16. The molecular formula is C10H9ClN4O. The van der Waals surface area contributed by atoms with Gasteiger partial charge in [-0.05, 0) is 30.2 Å². The molecule has 2 rings (SSSR count). The van der Waals surface area contributed by atoms with Crippen LogP contribution in [0.4, 0.5) is 11.4 Å². The summed E-state index contributed by atoms with van der Waals surface area (Å²) in [5.74, 6) is 0.0919. The largest absolute Gasteiger partial charge is 0.312 e. The fraction of sp³-hybridized carbons (Fsp3) is 0.300. The number of rotatable bonds is 2. The van der Waals surface area contributed by atoms with Crippen molar-refractivity contribution in [2.75, 3.05) is 11.4 Å². The first-order valence-electron chi connectivity index (χ1n) is 4.87. The van der Waals surface area contributed by atoms with E-state index in [2.05, 4.69) is 10.0 Å². The lowest BCUT2D eigenvalue weighted by molar-refractivity contribution is -0.117. The summed E-state index contributed by atoms with van der Waals surface area (Å²) in [5.41, 5.74) is 9.45. The van der Waals surface area contributed by atoms with Crippen LogP contribution in [0.5, 0.6) is 0 Å². The van der Waals surface area contributed by atoms with Crippen molar-refractivity contribution >= 4 is 28.9 Å². The van der Waals surface area contributed by atoms with Crippen molar-refractivity contribution in [2.24, 2.45) is 5.11 Å². The van der Waals surface area contributed by atoms with Gasteiger partial charge in [-0.3, -0.25) is 4.79 Å². The fourth-order valence-corrected chi connectivity index (χ4v) is 1.87. The molecule has 5 nitrogen and oxygen atoms in total. The maximum Gasteiger partial charge on any atom is 0.227 e. The Balaban J connectivity index is 2.38. The molecule has 0 N–H and O–H groups in total. The van der Waals surface area contributed by atoms with Gasteiger partial charge in [0.05, 0.1) is 10.7 Å². The molecular weight excluding hydrogens is 228 g/mol. The second-order valence-corrected chi connectivity index (χ2v) is 3.88. The van der Waals surface area contributed by atoms with E-state index in [0.29, 0.717) is 23.7 Å². The zero-order valence-corrected chi connectivity index (χ0v) is 9.18. The van der Waals surface area contributed by atoms with Crippen molar-refractivity contribution in [3.05, 3.63) is 33.7 Å². The van der Waals surface area contributed by atoms with E-state index in [-0.39, 0.29) is 5.91 Å². The highest BCUT2D eigenvalue weighted by atomic mass is 35.5. The summed E-state index contributed by atoms with van der Waals surface area (Å²) in [6, 6.07) is 5.01. The van der Waals surface area contributed by atoms with Gasteiger partial charge >= 0.3 is 0 Å². The number of carbonyl (C=O) groups excluding carboxylic acids is 1. The predicted octanol–water partition coefficient (Wildman–Crippen LogP) is 3.41. The Morgan fingerprint density at radius 1 is 1.50 bits per heavy atom. The van der Waals surface area contributed by atoms with E-state index in [0.717, 1.165) is 12.1 Å². The monoisotopic (exact) mass is 236 g/mol. The van der Waals surface area contributed by atoms with Gasteiger partial charge in [0.1, 0.15) is 0 Å². The molecule has 1 heterocycles. The van der Waals surface area contributed by atoms with Gasteiger partial charge in [-0.1, -0.05) is 16.7 Å². The van der Waals surface area contributed by atoms with Crippen molar-refractivity contribution in [3.63, 3.8) is 0 Å². The Morgan fingerprint density at radius 2 is 2.31 bits per heavy atom. The Labute approximate surface area is 97.2 Å². The molecule has 1 aromatic rings. The van der Waals surface area contributed by atoms with Crippen molar-refractivity contribution in [2.45, 2.75) is 12.8 Å². The number of benzene rings is 1. The molecule has 6 heteroatoms. The summed E-state index contributed by atoms with van der Waals surface area (Å²) in [7, 11) is 0. The van der Waals surface area contributed by atoms with Crippen LogP contribution in [-0.4, -0.2) is 12.5 Å². The summed E-state index contributed by atoms with van der Waals surface area (Å²) >= 11 is 5.85. The summed E-state index contributed by atoms with van der Waals surface area (Å²) in [4.78, 5) is 15.9. The smallest absolute Gasteiger partial charge is 0.227 e. The number of carbonyl (C=O) groups is 1. The molecule has 1 aromatic carbocycles. The fourth-order valence-electron chi connectivity index (χ4n) is 1.71. The van der Waals surface area contributed by atoms with Crippen LogP contribution in [0.3, 0.4) is 0 Å². The van der Waals surface area contributed by atoms with Gasteiger partial charge in [0, 0.05) is 23.6 Å². The minimum absolute atomic E-state index is 0.0919. The van der Waals surface area contributed by atoms with E-state index in [4.69, 9.17) is 17.1 Å². The highest BCUT2D eigenvalue weighted by molar-refractivity contribution is 6.33. The van der Waals surface area contributed by atoms with Crippen LogP contribution in [0.1, 0.15) is 12.8 Å². The van der Waals surface area contributed by atoms with Gasteiger partial charge in [-0.15, -0.1) is 0 Å². The zero-order valence-electron chi connectivity index (χ0n) is 8.43. The highest BCUT2D eigenvalue weighted by Gasteiger charge is 2.21. The summed E-state index contributed by atoms with van der Waals surface area (Å²) < 4.78 is 0. The first kappa shape index (κ1) is 10.8. The molecule has 1 fully saturated rings. The zero-order chi connectivity index (χ0) is 11.5. The molecule has 0 aliphatic carbocycles. The molecule has 1 saturated heterocycles. The van der Waals surface area contributed by atoms with E-state index < -0.39 is 0 Å². The van der Waals surface area contributed by atoms with Crippen molar-refractivity contribution in [1.29, 1.82) is 0 Å². The molecule has 0 saturated carbocycles. The van der Waals surface area contributed by atoms with E-state index in [1.165, 1.54) is 0 Å². The number of hydrogen-bond donors (Lipinski definition) is 0. The van der Waals surface area contributed by atoms with Gasteiger partial charge in [-0.2, -0.15) is 0 Å². The SMILES string of the molecule is [N-]=[N+]=Nc1cc(N2CCCC2=O)ccc1Cl. The normalized spacial score (nSPS) is 15.1. The molecule has 1 aliphatic rings. The minimum Gasteiger partial charge on any atom is -0.312 e. The third-order valence-electron chi connectivity index (χ3n) is 2.47. The molecule has 16 heavy (non-hydrogen) atoms. The first-order valence-corrected chi connectivity index (χ1v) is 5.25. The van der Waals surface area contributed by atoms with Crippen LogP contribution in [0.2, 0.25) is 5.02 Å². The second kappa shape index (κ2) is 4.43. The van der Waals surface area contributed by atoms with Gasteiger partial charge in [-0.25, -0.2) is 0 Å². The molecule has 0 aromatic heterocycles. The van der Waals surface area contributed by atoms with Crippen LogP contribution in [0.15, 0.2) is 23.3 Å². The Kier molecular flexibility index (Phi) is 2.99. The van der Waals surface area contributed by atoms with Gasteiger partial charge in [0.25, 0.3) is 0 Å². The Hall–Kier alpha value is -1.71. The Bertz CT molecular complexity index is 482. The number of hydrogen-bond acceptors (Lipinski definition) is 2. The number of azide groups is 1. The lowest BCUT2D eigenvalue weighted by atomic mass is 10.2. The molecule has 1 amide bonds. The topological polar surface area (TPSA) is 69.1 Å². The lowest BCUT2D eigenvalue weighted by Crippen LogP contribution is -2.23. The molecule has 82 valence electrons. The third-order valence-corrected chi connectivity index (χ3v) is 2.79. The van der Waals surface area contributed by atoms with E-state index in [9.17, 15) is 4.79 Å². The maximum atomic E-state index is 11.5. The van der Waals surface area contributed by atoms with Crippen LogP contribution in [0, 0.1) is 0 Å². The third kappa shape index (κ3) is 1.96. The average Bonchev–Trinajstić information content (AvgIpc) is 2.68. The van der Waals surface area contributed by atoms with Crippen molar-refractivity contribution < 1.29 is 4.79 Å². The van der Waals surface area contributed by atoms with Gasteiger partial charge < -0.3 is 4.90 Å². The number of amides is 1. The molecule has 0 bridgehead atoms. The minimum atomic E-state index is 0.0919. The standard InChI is InChI=1S/C10H9ClN4O/c11-8-4-3-7(6-9(8)13-14-12)15-5-1-2-10(15)16/h3-4,6H,1-2,5H2. The van der Waals surface area contributed by atoms with E-state index >= 15 is 0 Å². The number of nitrogens with zero attached hydrogens (tertiary/aromatic N) is 4. The maximum absolute atomic E-state index is 11.5. The Morgan fingerprint density at radius 3 is 2.94 bits per heavy atom. The molecule has 1 aliphatic heterocycles. The second-order valence-electron chi connectivity index (χ2n) is 3.47. The van der Waals surface area contributed by atoms with Gasteiger partial charge in [0.15, 0.2) is 0 Å². The average molecular weight is 237 g/mol. The van der Waals surface area contributed by atoms with E-state index in [1.807, 2.05) is 0 Å². The van der Waals surface area contributed by atoms with Crippen LogP contribution in [0.25, 0.3) is 10.4 Å². The quantitative estimate of drug-likeness (QED) is 0.441. The van der Waals surface area contributed by atoms with Crippen LogP contribution < -0.4 is 4.90 Å². The molecule has 0 spiro atoms. The first-order chi connectivity index (χ1) is 7.72. The van der Waals surface area contributed by atoms with Crippen molar-refractivity contribution in [3.8, 4) is 0 Å². The van der Waals surface area contributed by atoms with Gasteiger partial charge in [0.2, 0.25) is 5.91 Å². The number of anilines is 1. The summed E-state index contributed by atoms with van der Waals surface area (Å²) in [6.07, 6.45) is 1.43. The predicted molar refractivity (Wildman–Crippen MR) is 61.8 cm³/mol.